The van der Waals surface area contributed by atoms with Crippen molar-refractivity contribution in [2.24, 2.45) is 0 Å². The average Bonchev–Trinajstić information content (AvgIpc) is 2.61. The molecule has 6 heteroatoms. The molecular formula is C19H22FN3O2. The summed E-state index contributed by atoms with van der Waals surface area (Å²) < 4.78 is 12.9. The lowest BCUT2D eigenvalue weighted by Gasteiger charge is -2.15. The Bertz CT molecular complexity index is 704. The summed E-state index contributed by atoms with van der Waals surface area (Å²) in [6.45, 7) is 3.63. The molecule has 5 nitrogen and oxygen atoms in total. The number of carbonyl (C=O) groups is 2. The molecule has 2 atom stereocenters. The van der Waals surface area contributed by atoms with E-state index < -0.39 is 0 Å². The molecule has 0 saturated heterocycles. The van der Waals surface area contributed by atoms with Gasteiger partial charge in [0.1, 0.15) is 5.82 Å². The van der Waals surface area contributed by atoms with Crippen molar-refractivity contribution in [3.63, 3.8) is 0 Å². The molecule has 1 heterocycles. The van der Waals surface area contributed by atoms with E-state index in [2.05, 4.69) is 15.6 Å². The minimum Gasteiger partial charge on any atom is -0.347 e. The second-order valence-electron chi connectivity index (χ2n) is 5.98. The second kappa shape index (κ2) is 8.92. The first-order valence-corrected chi connectivity index (χ1v) is 8.18. The second-order valence-corrected chi connectivity index (χ2v) is 5.98. The minimum atomic E-state index is -0.306. The normalized spacial score (nSPS) is 12.9. The van der Waals surface area contributed by atoms with Crippen LogP contribution in [0, 0.1) is 5.82 Å². The molecule has 0 aliphatic heterocycles. The number of pyridine rings is 1. The number of aromatic nitrogens is 1. The predicted molar refractivity (Wildman–Crippen MR) is 93.2 cm³/mol. The molecule has 2 rings (SSSR count). The minimum absolute atomic E-state index is 0.0592. The number of nitrogens with zero attached hydrogens (tertiary/aromatic N) is 1. The van der Waals surface area contributed by atoms with E-state index in [1.165, 1.54) is 12.1 Å². The van der Waals surface area contributed by atoms with Crippen LogP contribution < -0.4 is 10.6 Å². The molecule has 2 aromatic rings. The van der Waals surface area contributed by atoms with Gasteiger partial charge in [-0.05, 0) is 42.7 Å². The topological polar surface area (TPSA) is 71.1 Å². The van der Waals surface area contributed by atoms with E-state index in [4.69, 9.17) is 0 Å². The highest BCUT2D eigenvalue weighted by Crippen LogP contribution is 2.18. The van der Waals surface area contributed by atoms with E-state index in [0.717, 1.165) is 11.3 Å². The van der Waals surface area contributed by atoms with Crippen molar-refractivity contribution in [1.29, 1.82) is 0 Å². The van der Waals surface area contributed by atoms with E-state index in [0.29, 0.717) is 0 Å². The third-order valence-electron chi connectivity index (χ3n) is 3.89. The van der Waals surface area contributed by atoms with Gasteiger partial charge in [0.05, 0.1) is 18.3 Å². The van der Waals surface area contributed by atoms with E-state index >= 15 is 0 Å². The van der Waals surface area contributed by atoms with Gasteiger partial charge >= 0.3 is 0 Å². The van der Waals surface area contributed by atoms with Crippen LogP contribution in [0.5, 0.6) is 0 Å². The van der Waals surface area contributed by atoms with Gasteiger partial charge in [0.2, 0.25) is 11.8 Å². The van der Waals surface area contributed by atoms with Gasteiger partial charge in [0.25, 0.3) is 0 Å². The smallest absolute Gasteiger partial charge is 0.239 e. The number of halogens is 1. The van der Waals surface area contributed by atoms with Crippen molar-refractivity contribution in [2.45, 2.75) is 32.2 Å². The first-order valence-electron chi connectivity index (χ1n) is 8.18. The lowest BCUT2D eigenvalue weighted by Crippen LogP contribution is -2.38. The maximum absolute atomic E-state index is 12.9. The number of hydrogen-bond acceptors (Lipinski definition) is 3. The SMILES string of the molecule is CC(CC(=O)NCC(=O)NC(C)c1ccccn1)c1ccc(F)cc1. The number of carbonyl (C=O) groups excluding carboxylic acids is 2. The Hall–Kier alpha value is -2.76. The zero-order valence-electron chi connectivity index (χ0n) is 14.3. The van der Waals surface area contributed by atoms with Gasteiger partial charge in [0, 0.05) is 12.6 Å². The van der Waals surface area contributed by atoms with Crippen molar-refractivity contribution >= 4 is 11.8 Å². The summed E-state index contributed by atoms with van der Waals surface area (Å²) in [6.07, 6.45) is 1.89. The molecule has 2 amide bonds. The van der Waals surface area contributed by atoms with Gasteiger partial charge < -0.3 is 10.6 Å². The monoisotopic (exact) mass is 343 g/mol. The zero-order chi connectivity index (χ0) is 18.2. The van der Waals surface area contributed by atoms with Gasteiger partial charge in [-0.25, -0.2) is 4.39 Å². The number of nitrogens with one attached hydrogen (secondary N) is 2. The number of rotatable bonds is 7. The third-order valence-corrected chi connectivity index (χ3v) is 3.89. The maximum Gasteiger partial charge on any atom is 0.239 e. The molecule has 2 N–H and O–H groups in total. The van der Waals surface area contributed by atoms with Crippen LogP contribution in [0.4, 0.5) is 4.39 Å². The van der Waals surface area contributed by atoms with Crippen LogP contribution in [-0.2, 0) is 9.59 Å². The Kier molecular flexibility index (Phi) is 6.62. The van der Waals surface area contributed by atoms with E-state index in [1.807, 2.05) is 26.0 Å². The summed E-state index contributed by atoms with van der Waals surface area (Å²) in [5, 5.41) is 5.39. The van der Waals surface area contributed by atoms with Gasteiger partial charge in [-0.2, -0.15) is 0 Å². The fourth-order valence-corrected chi connectivity index (χ4v) is 2.44. The largest absolute Gasteiger partial charge is 0.347 e. The highest BCUT2D eigenvalue weighted by Gasteiger charge is 2.14. The van der Waals surface area contributed by atoms with Crippen LogP contribution in [0.2, 0.25) is 0 Å². The molecule has 1 aromatic carbocycles. The Morgan fingerprint density at radius 3 is 2.44 bits per heavy atom. The van der Waals surface area contributed by atoms with Crippen LogP contribution in [0.25, 0.3) is 0 Å². The Balaban J connectivity index is 1.75. The van der Waals surface area contributed by atoms with Crippen molar-refractivity contribution in [3.05, 3.63) is 65.7 Å². The van der Waals surface area contributed by atoms with Crippen molar-refractivity contribution in [2.75, 3.05) is 6.54 Å². The van der Waals surface area contributed by atoms with Crippen LogP contribution in [0.3, 0.4) is 0 Å². The van der Waals surface area contributed by atoms with Gasteiger partial charge in [-0.1, -0.05) is 25.1 Å². The third kappa shape index (κ3) is 5.99. The number of hydrogen-bond donors (Lipinski definition) is 2. The lowest BCUT2D eigenvalue weighted by molar-refractivity contribution is -0.126. The molecule has 0 saturated carbocycles. The molecule has 0 radical (unpaired) electrons. The Morgan fingerprint density at radius 2 is 1.80 bits per heavy atom. The fourth-order valence-electron chi connectivity index (χ4n) is 2.44. The molecule has 0 bridgehead atoms. The number of benzene rings is 1. The Labute approximate surface area is 146 Å². The van der Waals surface area contributed by atoms with E-state index in [9.17, 15) is 14.0 Å². The van der Waals surface area contributed by atoms with Gasteiger partial charge in [0.15, 0.2) is 0 Å². The van der Waals surface area contributed by atoms with Crippen molar-refractivity contribution in [3.8, 4) is 0 Å². The van der Waals surface area contributed by atoms with E-state index in [1.54, 1.807) is 24.4 Å². The highest BCUT2D eigenvalue weighted by atomic mass is 19.1. The summed E-state index contributed by atoms with van der Waals surface area (Å²) in [5.74, 6) is -0.867. The first-order chi connectivity index (χ1) is 12.0. The molecule has 0 spiro atoms. The van der Waals surface area contributed by atoms with Crippen LogP contribution in [0.1, 0.15) is 43.5 Å². The van der Waals surface area contributed by atoms with Crippen molar-refractivity contribution in [1.82, 2.24) is 15.6 Å². The summed E-state index contributed by atoms with van der Waals surface area (Å²) >= 11 is 0. The first kappa shape index (κ1) is 18.6. The van der Waals surface area contributed by atoms with Crippen LogP contribution in [0.15, 0.2) is 48.7 Å². The quantitative estimate of drug-likeness (QED) is 0.812. The highest BCUT2D eigenvalue weighted by molar-refractivity contribution is 5.85. The molecule has 0 aliphatic carbocycles. The van der Waals surface area contributed by atoms with E-state index in [-0.39, 0.29) is 42.6 Å². The van der Waals surface area contributed by atoms with Crippen molar-refractivity contribution < 1.29 is 14.0 Å². The fraction of sp³-hybridized carbons (Fsp3) is 0.316. The maximum atomic E-state index is 12.9. The summed E-state index contributed by atoms with van der Waals surface area (Å²) in [4.78, 5) is 28.1. The predicted octanol–water partition coefficient (Wildman–Crippen LogP) is 2.71. The van der Waals surface area contributed by atoms with Gasteiger partial charge in [-0.15, -0.1) is 0 Å². The molecular weight excluding hydrogens is 321 g/mol. The molecule has 0 aliphatic rings. The summed E-state index contributed by atoms with van der Waals surface area (Å²) in [5.41, 5.74) is 1.64. The van der Waals surface area contributed by atoms with Crippen LogP contribution in [-0.4, -0.2) is 23.3 Å². The number of amides is 2. The molecule has 25 heavy (non-hydrogen) atoms. The average molecular weight is 343 g/mol. The Morgan fingerprint density at radius 1 is 1.08 bits per heavy atom. The van der Waals surface area contributed by atoms with Gasteiger partial charge in [-0.3, -0.25) is 14.6 Å². The lowest BCUT2D eigenvalue weighted by atomic mass is 9.97. The molecule has 0 fully saturated rings. The molecule has 1 aromatic heterocycles. The standard InChI is InChI=1S/C19H22FN3O2/c1-13(15-6-8-16(20)9-7-15)11-18(24)22-12-19(25)23-14(2)17-5-3-4-10-21-17/h3-10,13-14H,11-12H2,1-2H3,(H,22,24)(H,23,25). The van der Waals surface area contributed by atoms with Crippen LogP contribution >= 0.6 is 0 Å². The summed E-state index contributed by atoms with van der Waals surface area (Å²) in [7, 11) is 0. The summed E-state index contributed by atoms with van der Waals surface area (Å²) in [6, 6.07) is 11.3. The zero-order valence-corrected chi connectivity index (χ0v) is 14.3. The molecule has 132 valence electrons. The molecule has 2 unspecified atom stereocenters.